The molecule has 2 aromatic rings. The molecule has 0 aromatic heterocycles. The molecule has 120 valence electrons. The van der Waals surface area contributed by atoms with Crippen LogP contribution in [-0.4, -0.2) is 37.6 Å². The Morgan fingerprint density at radius 1 is 1.22 bits per heavy atom. The number of aliphatic imine (C=N–C) groups is 1. The normalized spacial score (nSPS) is 12.1. The lowest BCUT2D eigenvalue weighted by atomic mass is 10.1. The van der Waals surface area contributed by atoms with Crippen molar-refractivity contribution in [3.05, 3.63) is 59.7 Å². The van der Waals surface area contributed by atoms with Gasteiger partial charge in [-0.15, -0.1) is 0 Å². The number of nitrogens with zero attached hydrogens (tertiary/aromatic N) is 1. The molecule has 2 aromatic carbocycles. The van der Waals surface area contributed by atoms with Gasteiger partial charge in [0.1, 0.15) is 11.5 Å². The fourth-order valence-electron chi connectivity index (χ4n) is 2.10. The van der Waals surface area contributed by atoms with Gasteiger partial charge in [0.15, 0.2) is 6.04 Å². The number of aromatic hydroxyl groups is 1. The van der Waals surface area contributed by atoms with Crippen molar-refractivity contribution in [2.75, 3.05) is 14.2 Å². The van der Waals surface area contributed by atoms with E-state index in [1.165, 1.54) is 19.4 Å². The molecule has 1 atom stereocenters. The Labute approximate surface area is 135 Å². The van der Waals surface area contributed by atoms with Gasteiger partial charge in [-0.05, 0) is 23.8 Å². The lowest BCUT2D eigenvalue weighted by Crippen LogP contribution is -2.23. The minimum Gasteiger partial charge on any atom is -0.507 e. The van der Waals surface area contributed by atoms with E-state index in [2.05, 4.69) is 4.99 Å². The molecule has 2 rings (SSSR count). The number of carbonyl (C=O) groups is 1. The maximum Gasteiger partial charge on any atom is 0.330 e. The van der Waals surface area contributed by atoms with Crippen molar-refractivity contribution >= 4 is 12.2 Å². The third kappa shape index (κ3) is 4.57. The largest absolute Gasteiger partial charge is 0.507 e. The number of esters is 1. The number of ether oxygens (including phenoxy) is 2. The van der Waals surface area contributed by atoms with Crippen LogP contribution in [0.2, 0.25) is 0 Å². The predicted octanol–water partition coefficient (Wildman–Crippen LogP) is 2.60. The first-order valence-corrected chi connectivity index (χ1v) is 7.16. The molecular weight excluding hydrogens is 294 g/mol. The average molecular weight is 313 g/mol. The van der Waals surface area contributed by atoms with Crippen LogP contribution in [0.3, 0.4) is 0 Å². The topological polar surface area (TPSA) is 68.1 Å². The van der Waals surface area contributed by atoms with Crippen LogP contribution >= 0.6 is 0 Å². The highest BCUT2D eigenvalue weighted by Crippen LogP contribution is 2.21. The van der Waals surface area contributed by atoms with Gasteiger partial charge >= 0.3 is 5.97 Å². The summed E-state index contributed by atoms with van der Waals surface area (Å²) in [6, 6.07) is 13.7. The first-order valence-electron chi connectivity index (χ1n) is 7.16. The van der Waals surface area contributed by atoms with Gasteiger partial charge in [0.25, 0.3) is 0 Å². The zero-order valence-electron chi connectivity index (χ0n) is 13.1. The summed E-state index contributed by atoms with van der Waals surface area (Å²) in [5, 5.41) is 9.87. The summed E-state index contributed by atoms with van der Waals surface area (Å²) in [5.41, 5.74) is 1.46. The number of benzene rings is 2. The molecule has 0 saturated heterocycles. The highest BCUT2D eigenvalue weighted by Gasteiger charge is 2.18. The maximum absolute atomic E-state index is 11.9. The number of phenolic OH excluding ortho intramolecular Hbond substituents is 1. The summed E-state index contributed by atoms with van der Waals surface area (Å²) in [6.45, 7) is 0. The lowest BCUT2D eigenvalue weighted by molar-refractivity contribution is -0.142. The van der Waals surface area contributed by atoms with Crippen LogP contribution in [0, 0.1) is 0 Å². The molecule has 23 heavy (non-hydrogen) atoms. The average Bonchev–Trinajstić information content (AvgIpc) is 2.60. The van der Waals surface area contributed by atoms with Crippen LogP contribution in [0.4, 0.5) is 0 Å². The molecule has 0 radical (unpaired) electrons. The fourth-order valence-corrected chi connectivity index (χ4v) is 2.10. The summed E-state index contributed by atoms with van der Waals surface area (Å²) >= 11 is 0. The summed E-state index contributed by atoms with van der Waals surface area (Å²) in [7, 11) is 2.87. The quantitative estimate of drug-likeness (QED) is 0.657. The monoisotopic (exact) mass is 313 g/mol. The summed E-state index contributed by atoms with van der Waals surface area (Å²) in [6.07, 6.45) is 1.89. The maximum atomic E-state index is 11.9. The Morgan fingerprint density at radius 2 is 1.96 bits per heavy atom. The fraction of sp³-hybridized carbons (Fsp3) is 0.222. The first-order chi connectivity index (χ1) is 11.1. The second-order valence-electron chi connectivity index (χ2n) is 4.93. The number of hydrogen-bond acceptors (Lipinski definition) is 5. The highest BCUT2D eigenvalue weighted by molar-refractivity contribution is 5.87. The Balaban J connectivity index is 2.22. The molecule has 0 bridgehead atoms. The zero-order valence-corrected chi connectivity index (χ0v) is 13.1. The standard InChI is InChI=1S/C18H19NO4/c1-22-15-8-9-17(20)14(11-15)12-19-16(18(21)23-2)10-13-6-4-3-5-7-13/h3-9,11-12,16,20H,10H2,1-2H3/t16-/m0/s1. The van der Waals surface area contributed by atoms with E-state index in [0.29, 0.717) is 17.7 Å². The number of hydrogen-bond donors (Lipinski definition) is 1. The molecule has 5 nitrogen and oxygen atoms in total. The van der Waals surface area contributed by atoms with E-state index in [1.807, 2.05) is 30.3 Å². The van der Waals surface area contributed by atoms with Gasteiger partial charge in [0.2, 0.25) is 0 Å². The highest BCUT2D eigenvalue weighted by atomic mass is 16.5. The smallest absolute Gasteiger partial charge is 0.330 e. The molecule has 0 saturated carbocycles. The van der Waals surface area contributed by atoms with Gasteiger partial charge in [0.05, 0.1) is 14.2 Å². The van der Waals surface area contributed by atoms with Crippen molar-refractivity contribution in [3.8, 4) is 11.5 Å². The molecule has 0 amide bonds. The Bertz CT molecular complexity index is 683. The number of rotatable bonds is 6. The van der Waals surface area contributed by atoms with Crippen LogP contribution in [0.15, 0.2) is 53.5 Å². The van der Waals surface area contributed by atoms with Crippen molar-refractivity contribution in [1.82, 2.24) is 0 Å². The Morgan fingerprint density at radius 3 is 2.61 bits per heavy atom. The third-order valence-electron chi connectivity index (χ3n) is 3.37. The SMILES string of the molecule is COC(=O)[C@H](Cc1ccccc1)N=Cc1cc(OC)ccc1O. The van der Waals surface area contributed by atoms with Crippen molar-refractivity contribution in [2.24, 2.45) is 4.99 Å². The summed E-state index contributed by atoms with van der Waals surface area (Å²) in [4.78, 5) is 16.2. The van der Waals surface area contributed by atoms with E-state index in [-0.39, 0.29) is 5.75 Å². The molecule has 0 heterocycles. The van der Waals surface area contributed by atoms with E-state index >= 15 is 0 Å². The van der Waals surface area contributed by atoms with Crippen molar-refractivity contribution < 1.29 is 19.4 Å². The number of phenols is 1. The van der Waals surface area contributed by atoms with Crippen molar-refractivity contribution in [3.63, 3.8) is 0 Å². The lowest BCUT2D eigenvalue weighted by Gasteiger charge is -2.10. The minimum absolute atomic E-state index is 0.0675. The van der Waals surface area contributed by atoms with Gasteiger partial charge in [-0.3, -0.25) is 4.99 Å². The second kappa shape index (κ2) is 7.98. The van der Waals surface area contributed by atoms with Crippen molar-refractivity contribution in [1.29, 1.82) is 0 Å². The van der Waals surface area contributed by atoms with Crippen LogP contribution in [-0.2, 0) is 16.0 Å². The summed E-state index contributed by atoms with van der Waals surface area (Å²) < 4.78 is 9.92. The van der Waals surface area contributed by atoms with E-state index in [4.69, 9.17) is 9.47 Å². The molecule has 0 spiro atoms. The van der Waals surface area contributed by atoms with E-state index in [9.17, 15) is 9.90 Å². The number of methoxy groups -OCH3 is 2. The molecule has 0 fully saturated rings. The Kier molecular flexibility index (Phi) is 5.74. The van der Waals surface area contributed by atoms with Gasteiger partial charge in [-0.1, -0.05) is 30.3 Å². The van der Waals surface area contributed by atoms with Crippen LogP contribution in [0.1, 0.15) is 11.1 Å². The van der Waals surface area contributed by atoms with E-state index in [1.54, 1.807) is 19.2 Å². The van der Waals surface area contributed by atoms with Gasteiger partial charge in [-0.25, -0.2) is 4.79 Å². The first kappa shape index (κ1) is 16.5. The van der Waals surface area contributed by atoms with Gasteiger partial charge in [0, 0.05) is 18.2 Å². The van der Waals surface area contributed by atoms with Crippen LogP contribution in [0.25, 0.3) is 0 Å². The van der Waals surface area contributed by atoms with Gasteiger partial charge < -0.3 is 14.6 Å². The van der Waals surface area contributed by atoms with Gasteiger partial charge in [-0.2, -0.15) is 0 Å². The van der Waals surface area contributed by atoms with Crippen molar-refractivity contribution in [2.45, 2.75) is 12.5 Å². The van der Waals surface area contributed by atoms with E-state index < -0.39 is 12.0 Å². The molecular formula is C18H19NO4. The zero-order chi connectivity index (χ0) is 16.7. The Hall–Kier alpha value is -2.82. The molecule has 0 aliphatic heterocycles. The predicted molar refractivity (Wildman–Crippen MR) is 88.2 cm³/mol. The minimum atomic E-state index is -0.673. The molecule has 0 unspecified atom stereocenters. The second-order valence-corrected chi connectivity index (χ2v) is 4.93. The summed E-state index contributed by atoms with van der Waals surface area (Å²) in [5.74, 6) is 0.243. The molecule has 0 aliphatic carbocycles. The van der Waals surface area contributed by atoms with Crippen LogP contribution < -0.4 is 4.74 Å². The number of carbonyl (C=O) groups excluding carboxylic acids is 1. The molecule has 0 aliphatic rings. The van der Waals surface area contributed by atoms with E-state index in [0.717, 1.165) is 5.56 Å². The third-order valence-corrected chi connectivity index (χ3v) is 3.37. The molecule has 5 heteroatoms. The molecule has 1 N–H and O–H groups in total. The van der Waals surface area contributed by atoms with Crippen LogP contribution in [0.5, 0.6) is 11.5 Å².